The van der Waals surface area contributed by atoms with E-state index in [1.165, 1.54) is 29.2 Å². The number of hydrogen-bond acceptors (Lipinski definition) is 9. The molecule has 1 saturated heterocycles. The van der Waals surface area contributed by atoms with Crippen LogP contribution in [0.3, 0.4) is 0 Å². The van der Waals surface area contributed by atoms with Gasteiger partial charge in [-0.05, 0) is 30.9 Å². The van der Waals surface area contributed by atoms with Crippen molar-refractivity contribution in [2.45, 2.75) is 25.4 Å². The highest BCUT2D eigenvalue weighted by Gasteiger charge is 2.31. The molecule has 12 heteroatoms. The second-order valence-corrected chi connectivity index (χ2v) is 8.13. The van der Waals surface area contributed by atoms with Crippen molar-refractivity contribution >= 4 is 24.2 Å². The quantitative estimate of drug-likeness (QED) is 0.571. The van der Waals surface area contributed by atoms with E-state index in [1.54, 1.807) is 29.9 Å². The van der Waals surface area contributed by atoms with E-state index in [4.69, 9.17) is 10.00 Å². The molecule has 3 N–H and O–H groups in total. The third-order valence-corrected chi connectivity index (χ3v) is 5.99. The predicted molar refractivity (Wildman–Crippen MR) is 116 cm³/mol. The number of amides is 1. The minimum atomic E-state index is -0.986. The van der Waals surface area contributed by atoms with Crippen molar-refractivity contribution in [2.75, 3.05) is 6.54 Å². The van der Waals surface area contributed by atoms with E-state index in [2.05, 4.69) is 21.5 Å². The number of piperidine rings is 1. The van der Waals surface area contributed by atoms with Crippen molar-refractivity contribution in [1.82, 2.24) is 26.3 Å². The number of fused-ring (bicyclic) bond motifs is 1. The van der Waals surface area contributed by atoms with Crippen LogP contribution in [0.1, 0.15) is 30.4 Å². The van der Waals surface area contributed by atoms with Gasteiger partial charge in [-0.25, -0.2) is 19.1 Å². The fourth-order valence-electron chi connectivity index (χ4n) is 4.13. The second-order valence-electron chi connectivity index (χ2n) is 8.13. The minimum Gasteiger partial charge on any atom is -0.460 e. The zero-order valence-corrected chi connectivity index (χ0v) is 17.9. The van der Waals surface area contributed by atoms with Crippen molar-refractivity contribution in [3.05, 3.63) is 65.5 Å². The number of hydrogen-bond donors (Lipinski definition) is 3. The molecule has 1 fully saturated rings. The number of ether oxygens (including phenoxy) is 1. The first-order valence-electron chi connectivity index (χ1n) is 10.7. The van der Waals surface area contributed by atoms with Gasteiger partial charge in [0.2, 0.25) is 6.21 Å². The molecule has 2 atom stereocenters. The zero-order chi connectivity index (χ0) is 23.7. The number of rotatable bonds is 4. The van der Waals surface area contributed by atoms with E-state index in [9.17, 15) is 13.6 Å². The maximum Gasteiger partial charge on any atom is 0.392 e. The van der Waals surface area contributed by atoms with Crippen LogP contribution in [-0.2, 0) is 9.53 Å². The first-order valence-corrected chi connectivity index (χ1v) is 10.7. The summed E-state index contributed by atoms with van der Waals surface area (Å²) in [6.45, 7) is 0.706. The SMILES string of the molecule is N#Cc1c(F)ccc(C2=CN3C=C[N+](C(=O)C[C@H]4CCC(N5C=NNN5)NC4)=CC3=CO2)c1F. The molecule has 34 heavy (non-hydrogen) atoms. The van der Waals surface area contributed by atoms with Gasteiger partial charge < -0.3 is 9.64 Å². The summed E-state index contributed by atoms with van der Waals surface area (Å²) in [5.41, 5.74) is 5.44. The van der Waals surface area contributed by atoms with Crippen molar-refractivity contribution < 1.29 is 22.9 Å². The summed E-state index contributed by atoms with van der Waals surface area (Å²) in [4.78, 5) is 14.5. The van der Waals surface area contributed by atoms with Crippen LogP contribution in [0.4, 0.5) is 8.78 Å². The minimum absolute atomic E-state index is 0.0329. The molecular formula is C22H21F2N8O2+. The molecule has 0 aliphatic carbocycles. The number of nitrogens with one attached hydrogen (secondary N) is 3. The summed E-state index contributed by atoms with van der Waals surface area (Å²) in [7, 11) is 0. The molecule has 10 nitrogen and oxygen atoms in total. The lowest BCUT2D eigenvalue weighted by Gasteiger charge is -2.33. The van der Waals surface area contributed by atoms with Gasteiger partial charge in [0.1, 0.15) is 35.7 Å². The molecular weight excluding hydrogens is 446 g/mol. The first-order chi connectivity index (χ1) is 16.5. The molecule has 4 aliphatic heterocycles. The lowest BCUT2D eigenvalue weighted by molar-refractivity contribution is -0.380. The van der Waals surface area contributed by atoms with Gasteiger partial charge in [-0.15, -0.1) is 10.1 Å². The molecule has 0 radical (unpaired) electrons. The average molecular weight is 467 g/mol. The number of nitrogens with zero attached hydrogens (tertiary/aromatic N) is 5. The van der Waals surface area contributed by atoms with Crippen LogP contribution in [0, 0.1) is 28.9 Å². The smallest absolute Gasteiger partial charge is 0.392 e. The Hall–Kier alpha value is -4.08. The van der Waals surface area contributed by atoms with Gasteiger partial charge in [0.15, 0.2) is 17.8 Å². The Kier molecular flexibility index (Phi) is 5.79. The Morgan fingerprint density at radius 1 is 1.35 bits per heavy atom. The molecule has 0 spiro atoms. The summed E-state index contributed by atoms with van der Waals surface area (Å²) >= 11 is 0. The molecule has 174 valence electrons. The maximum atomic E-state index is 14.5. The summed E-state index contributed by atoms with van der Waals surface area (Å²) in [6, 6.07) is 3.76. The van der Waals surface area contributed by atoms with Crippen molar-refractivity contribution in [2.24, 2.45) is 11.0 Å². The number of halogens is 2. The lowest BCUT2D eigenvalue weighted by atomic mass is 9.94. The Bertz CT molecular complexity index is 1210. The highest BCUT2D eigenvalue weighted by molar-refractivity contribution is 5.83. The van der Waals surface area contributed by atoms with Gasteiger partial charge in [-0.2, -0.15) is 10.4 Å². The number of hydrazone groups is 1. The molecule has 1 unspecified atom stereocenters. The van der Waals surface area contributed by atoms with Crippen LogP contribution in [0.15, 0.2) is 47.8 Å². The van der Waals surface area contributed by atoms with E-state index >= 15 is 0 Å². The van der Waals surface area contributed by atoms with E-state index in [0.29, 0.717) is 18.7 Å². The molecule has 0 bridgehead atoms. The van der Waals surface area contributed by atoms with E-state index in [0.717, 1.165) is 18.9 Å². The Morgan fingerprint density at radius 2 is 2.24 bits per heavy atom. The normalized spacial score (nSPS) is 23.3. The average Bonchev–Trinajstić information content (AvgIpc) is 3.39. The van der Waals surface area contributed by atoms with Crippen molar-refractivity contribution in [3.8, 4) is 6.07 Å². The largest absolute Gasteiger partial charge is 0.460 e. The summed E-state index contributed by atoms with van der Waals surface area (Å²) in [5.74, 6) is -1.65. The van der Waals surface area contributed by atoms with E-state index in [1.807, 2.05) is 5.01 Å². The van der Waals surface area contributed by atoms with Crippen molar-refractivity contribution in [1.29, 1.82) is 5.26 Å². The van der Waals surface area contributed by atoms with Crippen molar-refractivity contribution in [3.63, 3.8) is 0 Å². The standard InChI is InChI=1S/C22H21F2N8O2/c23-18-3-2-16(22(24)17(18)8-25)19-11-30-5-6-31(10-15(30)12-34-19)21(33)7-14-1-4-20(26-9-14)32-13-27-28-29-32/h2-3,5-6,10-14,20,26,28-29H,1,4,7,9H2/q+1/t14-,20?/m1/s1. The van der Waals surface area contributed by atoms with Gasteiger partial charge in [-0.3, -0.25) is 10.3 Å². The Labute approximate surface area is 193 Å². The highest BCUT2D eigenvalue weighted by atomic mass is 19.1. The number of carbonyl (C=O) groups excluding carboxylic acids is 1. The Morgan fingerprint density at radius 3 is 2.97 bits per heavy atom. The number of nitriles is 1. The topological polar surface area (TPSA) is 108 Å². The molecule has 1 aromatic carbocycles. The number of allylic oxidation sites excluding steroid dienone is 1. The molecule has 4 aliphatic rings. The molecule has 1 aromatic rings. The maximum absolute atomic E-state index is 14.5. The molecule has 0 saturated carbocycles. The third-order valence-electron chi connectivity index (χ3n) is 5.99. The van der Waals surface area contributed by atoms with Gasteiger partial charge in [0.25, 0.3) is 0 Å². The lowest BCUT2D eigenvalue weighted by Crippen LogP contribution is -2.54. The van der Waals surface area contributed by atoms with Gasteiger partial charge in [0.05, 0.1) is 30.5 Å². The molecule has 4 heterocycles. The number of hydrazine groups is 2. The predicted octanol–water partition coefficient (Wildman–Crippen LogP) is 1.39. The van der Waals surface area contributed by atoms with Crippen LogP contribution < -0.4 is 16.4 Å². The second kappa shape index (κ2) is 9.05. The van der Waals surface area contributed by atoms with Crippen LogP contribution in [-0.4, -0.2) is 45.7 Å². The van der Waals surface area contributed by atoms with Crippen LogP contribution >= 0.6 is 0 Å². The van der Waals surface area contributed by atoms with E-state index in [-0.39, 0.29) is 29.3 Å². The first kappa shape index (κ1) is 21.7. The summed E-state index contributed by atoms with van der Waals surface area (Å²) in [5, 5.41) is 18.1. The number of carbonyl (C=O) groups is 1. The fraction of sp³-hybridized carbons (Fsp3) is 0.273. The molecule has 5 rings (SSSR count). The van der Waals surface area contributed by atoms with Crippen LogP contribution in [0.5, 0.6) is 0 Å². The van der Waals surface area contributed by atoms with Gasteiger partial charge in [-0.1, -0.05) is 0 Å². The Balaban J connectivity index is 1.21. The molecule has 0 aromatic heterocycles. The zero-order valence-electron chi connectivity index (χ0n) is 17.9. The third kappa shape index (κ3) is 4.14. The van der Waals surface area contributed by atoms with Crippen LogP contribution in [0.25, 0.3) is 5.76 Å². The van der Waals surface area contributed by atoms with Gasteiger partial charge >= 0.3 is 5.91 Å². The monoisotopic (exact) mass is 467 g/mol. The van der Waals surface area contributed by atoms with Crippen LogP contribution in [0.2, 0.25) is 0 Å². The summed E-state index contributed by atoms with van der Waals surface area (Å²) < 4.78 is 35.2. The number of benzene rings is 1. The highest BCUT2D eigenvalue weighted by Crippen LogP contribution is 2.29. The van der Waals surface area contributed by atoms with Gasteiger partial charge in [0, 0.05) is 6.54 Å². The van der Waals surface area contributed by atoms with E-state index < -0.39 is 17.2 Å². The molecule has 1 amide bonds. The fourth-order valence-corrected chi connectivity index (χ4v) is 4.13. The summed E-state index contributed by atoms with van der Waals surface area (Å²) in [6.07, 6.45) is 11.7.